The maximum Gasteiger partial charge on any atom is 0.410 e. The molecule has 1 saturated heterocycles. The molecule has 30 heavy (non-hydrogen) atoms. The number of aromatic nitrogens is 1. The average Bonchev–Trinajstić information content (AvgIpc) is 3.36. The van der Waals surface area contributed by atoms with E-state index in [4.69, 9.17) is 9.88 Å². The highest BCUT2D eigenvalue weighted by molar-refractivity contribution is 7.89. The number of cyclic esters (lactones) is 1. The van der Waals surface area contributed by atoms with Crippen LogP contribution in [0, 0.1) is 0 Å². The zero-order chi connectivity index (χ0) is 21.5. The topological polar surface area (TPSA) is 103 Å². The van der Waals surface area contributed by atoms with Crippen molar-refractivity contribution < 1.29 is 22.3 Å². The number of nitrogens with zero attached hydrogens (tertiary/aromatic N) is 2. The Kier molecular flexibility index (Phi) is 4.03. The molecule has 7 nitrogen and oxygen atoms in total. The molecule has 1 unspecified atom stereocenters. The third kappa shape index (κ3) is 3.15. The van der Waals surface area contributed by atoms with E-state index in [0.717, 1.165) is 24.1 Å². The predicted molar refractivity (Wildman–Crippen MR) is 108 cm³/mol. The molecule has 1 spiro atoms. The van der Waals surface area contributed by atoms with Crippen LogP contribution in [0.4, 0.5) is 9.18 Å². The van der Waals surface area contributed by atoms with Gasteiger partial charge in [-0.05, 0) is 56.4 Å². The second kappa shape index (κ2) is 6.13. The van der Waals surface area contributed by atoms with Gasteiger partial charge in [0.25, 0.3) is 0 Å². The molecular weight excluding hydrogens is 409 g/mol. The van der Waals surface area contributed by atoms with Crippen LogP contribution in [-0.2, 0) is 27.6 Å². The standard InChI is InChI=1S/C21H24FN3O4S/c1-20(2,22)10-25-19(26)29-11-21(25)7-13-5-14-9-24-17(12-3-4-12)6-15(14)18(16(13)8-21)30(23,27)28/h5-6,9,12H,3-4,7-8,10-11H2,1-2H3,(H2,23,27,28). The molecule has 1 atom stereocenters. The number of fused-ring (bicyclic) bond motifs is 2. The molecule has 1 aromatic carbocycles. The molecule has 1 aliphatic heterocycles. The fourth-order valence-electron chi connectivity index (χ4n) is 4.85. The number of carbonyl (C=O) groups is 1. The highest BCUT2D eigenvalue weighted by Crippen LogP contribution is 2.45. The van der Waals surface area contributed by atoms with Crippen LogP contribution in [0.15, 0.2) is 23.2 Å². The summed E-state index contributed by atoms with van der Waals surface area (Å²) in [5.41, 5.74) is -0.167. The highest BCUT2D eigenvalue weighted by atomic mass is 32.2. The normalized spacial score (nSPS) is 24.0. The number of pyridine rings is 1. The second-order valence-electron chi connectivity index (χ2n) is 9.43. The summed E-state index contributed by atoms with van der Waals surface area (Å²) in [6.07, 6.45) is 3.85. The number of nitrogens with two attached hydrogens (primary N) is 1. The van der Waals surface area contributed by atoms with Gasteiger partial charge >= 0.3 is 6.09 Å². The molecule has 1 saturated carbocycles. The molecule has 3 aliphatic rings. The third-order valence-corrected chi connectivity index (χ3v) is 7.32. The molecule has 2 aromatic rings. The number of sulfonamides is 1. The van der Waals surface area contributed by atoms with Crippen LogP contribution >= 0.6 is 0 Å². The molecule has 0 bridgehead atoms. The van der Waals surface area contributed by atoms with Crippen molar-refractivity contribution >= 4 is 26.9 Å². The molecular formula is C21H24FN3O4S. The number of benzene rings is 1. The van der Waals surface area contributed by atoms with Crippen molar-refractivity contribution in [2.24, 2.45) is 5.14 Å². The van der Waals surface area contributed by atoms with E-state index in [9.17, 15) is 17.6 Å². The molecule has 160 valence electrons. The first kappa shape index (κ1) is 19.7. The Balaban J connectivity index is 1.67. The second-order valence-corrected chi connectivity index (χ2v) is 10.9. The van der Waals surface area contributed by atoms with Gasteiger partial charge in [0.2, 0.25) is 10.0 Å². The van der Waals surface area contributed by atoms with Crippen LogP contribution in [-0.4, -0.2) is 48.8 Å². The molecule has 2 heterocycles. The van der Waals surface area contributed by atoms with Crippen molar-refractivity contribution in [2.45, 2.75) is 61.6 Å². The Bertz CT molecular complexity index is 1190. The van der Waals surface area contributed by atoms with Gasteiger partial charge in [-0.2, -0.15) is 0 Å². The summed E-state index contributed by atoms with van der Waals surface area (Å²) in [6.45, 7) is 2.77. The third-order valence-electron chi connectivity index (χ3n) is 6.29. The Morgan fingerprint density at radius 1 is 1.33 bits per heavy atom. The molecule has 9 heteroatoms. The van der Waals surface area contributed by atoms with Crippen molar-refractivity contribution in [3.8, 4) is 0 Å². The number of hydrogen-bond donors (Lipinski definition) is 1. The minimum absolute atomic E-state index is 0.0859. The lowest BCUT2D eigenvalue weighted by Gasteiger charge is -2.34. The molecule has 2 aliphatic carbocycles. The summed E-state index contributed by atoms with van der Waals surface area (Å²) in [7, 11) is -4.04. The van der Waals surface area contributed by atoms with Gasteiger partial charge in [0.15, 0.2) is 0 Å². The van der Waals surface area contributed by atoms with Crippen LogP contribution < -0.4 is 5.14 Å². The number of hydrogen-bond acceptors (Lipinski definition) is 5. The van der Waals surface area contributed by atoms with Gasteiger partial charge in [-0.1, -0.05) is 0 Å². The molecule has 1 aromatic heterocycles. The van der Waals surface area contributed by atoms with Crippen LogP contribution in [0.25, 0.3) is 10.8 Å². The van der Waals surface area contributed by atoms with E-state index in [1.165, 1.54) is 18.7 Å². The zero-order valence-corrected chi connectivity index (χ0v) is 17.8. The fourth-order valence-corrected chi connectivity index (χ4v) is 5.88. The van der Waals surface area contributed by atoms with Gasteiger partial charge in [-0.15, -0.1) is 0 Å². The van der Waals surface area contributed by atoms with Gasteiger partial charge in [-0.3, -0.25) is 9.88 Å². The fraction of sp³-hybridized carbons (Fsp3) is 0.524. The SMILES string of the molecule is CC(C)(F)CN1C(=O)OCC12Cc1cc3cnc(C4CC4)cc3c(S(N)(=O)=O)c1C2. The Hall–Kier alpha value is -2.26. The average molecular weight is 434 g/mol. The van der Waals surface area contributed by atoms with Crippen molar-refractivity contribution in [3.05, 3.63) is 35.2 Å². The van der Waals surface area contributed by atoms with Crippen LogP contribution in [0.2, 0.25) is 0 Å². The van der Waals surface area contributed by atoms with E-state index in [2.05, 4.69) is 4.98 Å². The number of carbonyl (C=O) groups excluding carboxylic acids is 1. The number of alkyl halides is 1. The number of primary sulfonamides is 1. The Labute approximate surface area is 174 Å². The van der Waals surface area contributed by atoms with Gasteiger partial charge in [0.1, 0.15) is 12.3 Å². The number of rotatable bonds is 4. The van der Waals surface area contributed by atoms with E-state index in [0.29, 0.717) is 28.7 Å². The lowest BCUT2D eigenvalue weighted by Crippen LogP contribution is -2.52. The number of ether oxygens (including phenoxy) is 1. The van der Waals surface area contributed by atoms with Gasteiger partial charge < -0.3 is 4.74 Å². The zero-order valence-electron chi connectivity index (χ0n) is 16.9. The Morgan fingerprint density at radius 2 is 2.07 bits per heavy atom. The van der Waals surface area contributed by atoms with Gasteiger partial charge in [0.05, 0.1) is 17.0 Å². The minimum Gasteiger partial charge on any atom is -0.447 e. The first-order valence-electron chi connectivity index (χ1n) is 10.1. The van der Waals surface area contributed by atoms with Crippen LogP contribution in [0.1, 0.15) is 49.4 Å². The summed E-state index contributed by atoms with van der Waals surface area (Å²) in [5.74, 6) is 0.366. The molecule has 1 amide bonds. The summed E-state index contributed by atoms with van der Waals surface area (Å²) >= 11 is 0. The van der Waals surface area contributed by atoms with Crippen molar-refractivity contribution in [1.82, 2.24) is 9.88 Å². The van der Waals surface area contributed by atoms with Gasteiger partial charge in [0, 0.05) is 35.0 Å². The first-order chi connectivity index (χ1) is 14.0. The largest absolute Gasteiger partial charge is 0.447 e. The van der Waals surface area contributed by atoms with E-state index in [1.807, 2.05) is 12.1 Å². The first-order valence-corrected chi connectivity index (χ1v) is 11.6. The van der Waals surface area contributed by atoms with Crippen molar-refractivity contribution in [3.63, 3.8) is 0 Å². The maximum absolute atomic E-state index is 14.4. The van der Waals surface area contributed by atoms with Crippen LogP contribution in [0.5, 0.6) is 0 Å². The van der Waals surface area contributed by atoms with E-state index >= 15 is 0 Å². The number of halogens is 1. The Morgan fingerprint density at radius 3 is 2.70 bits per heavy atom. The van der Waals surface area contributed by atoms with Crippen molar-refractivity contribution in [2.75, 3.05) is 13.2 Å². The number of amides is 1. The summed E-state index contributed by atoms with van der Waals surface area (Å²) in [4.78, 5) is 18.4. The summed E-state index contributed by atoms with van der Waals surface area (Å²) in [6, 6.07) is 3.75. The van der Waals surface area contributed by atoms with Crippen LogP contribution in [0.3, 0.4) is 0 Å². The summed E-state index contributed by atoms with van der Waals surface area (Å²) in [5, 5.41) is 6.93. The van der Waals surface area contributed by atoms with E-state index in [1.54, 1.807) is 6.20 Å². The lowest BCUT2D eigenvalue weighted by atomic mass is 9.94. The molecule has 2 fully saturated rings. The molecule has 2 N–H and O–H groups in total. The monoisotopic (exact) mass is 433 g/mol. The lowest BCUT2D eigenvalue weighted by molar-refractivity contribution is 0.0913. The quantitative estimate of drug-likeness (QED) is 0.799. The maximum atomic E-state index is 14.4. The highest BCUT2D eigenvalue weighted by Gasteiger charge is 2.53. The van der Waals surface area contributed by atoms with E-state index in [-0.39, 0.29) is 24.5 Å². The van der Waals surface area contributed by atoms with Crippen molar-refractivity contribution in [1.29, 1.82) is 0 Å². The van der Waals surface area contributed by atoms with Gasteiger partial charge in [-0.25, -0.2) is 22.7 Å². The predicted octanol–water partition coefficient (Wildman–Crippen LogP) is 2.80. The van der Waals surface area contributed by atoms with E-state index < -0.39 is 27.3 Å². The summed E-state index contributed by atoms with van der Waals surface area (Å²) < 4.78 is 45.1. The smallest absolute Gasteiger partial charge is 0.410 e. The molecule has 5 rings (SSSR count). The molecule has 0 radical (unpaired) electrons. The minimum atomic E-state index is -4.04.